The average molecular weight is 537 g/mol. The van der Waals surface area contributed by atoms with E-state index in [2.05, 4.69) is 45.5 Å². The topological polar surface area (TPSA) is 65.1 Å². The molecule has 0 unspecified atom stereocenters. The van der Waals surface area contributed by atoms with E-state index in [1.807, 2.05) is 24.4 Å². The Hall–Kier alpha value is -2.87. The largest absolute Gasteiger partial charge is 0.497 e. The molecule has 1 aromatic heterocycles. The Kier molecular flexibility index (Phi) is 11.4. The molecule has 0 bridgehead atoms. The summed E-state index contributed by atoms with van der Waals surface area (Å²) in [7, 11) is 6.55. The Labute approximate surface area is 225 Å². The standard InChI is InChI=1S/C27H33N3O4.2ClH/c1-31-23-7-5-6-22(17-23)30(21-9-11-28-12-10-21)18-19-8-13-29-24(14-19)20-15-25(32-2)27(34-4)26(16-20)33-3;;/h5-8,13-17,21,28H,9-12,18H2,1-4H3;2*1H. The lowest BCUT2D eigenvalue weighted by atomic mass is 10.0. The summed E-state index contributed by atoms with van der Waals surface area (Å²) >= 11 is 0. The van der Waals surface area contributed by atoms with E-state index in [-0.39, 0.29) is 24.8 Å². The molecule has 2 aromatic carbocycles. The van der Waals surface area contributed by atoms with Gasteiger partial charge in [0.25, 0.3) is 0 Å². The zero-order chi connectivity index (χ0) is 23.9. The highest BCUT2D eigenvalue weighted by atomic mass is 35.5. The van der Waals surface area contributed by atoms with E-state index < -0.39 is 0 Å². The summed E-state index contributed by atoms with van der Waals surface area (Å²) in [6.07, 6.45) is 4.06. The van der Waals surface area contributed by atoms with Gasteiger partial charge in [0, 0.05) is 36.1 Å². The van der Waals surface area contributed by atoms with Gasteiger partial charge in [-0.1, -0.05) is 6.07 Å². The fourth-order valence-electron chi connectivity index (χ4n) is 4.49. The highest BCUT2D eigenvalue weighted by molar-refractivity contribution is 5.85. The van der Waals surface area contributed by atoms with Crippen molar-refractivity contribution < 1.29 is 18.9 Å². The molecule has 9 heteroatoms. The minimum atomic E-state index is 0. The van der Waals surface area contributed by atoms with Crippen molar-refractivity contribution >= 4 is 30.5 Å². The molecule has 0 atom stereocenters. The lowest BCUT2D eigenvalue weighted by molar-refractivity contribution is 0.324. The summed E-state index contributed by atoms with van der Waals surface area (Å²) in [5.74, 6) is 2.65. The first-order valence-electron chi connectivity index (χ1n) is 11.5. The molecule has 2 heterocycles. The molecular formula is C27H35Cl2N3O4. The monoisotopic (exact) mass is 535 g/mol. The third-order valence-electron chi connectivity index (χ3n) is 6.27. The number of aromatic nitrogens is 1. The summed E-state index contributed by atoms with van der Waals surface area (Å²) in [6.45, 7) is 2.83. The van der Waals surface area contributed by atoms with Crippen LogP contribution in [0.3, 0.4) is 0 Å². The first-order valence-corrected chi connectivity index (χ1v) is 11.5. The van der Waals surface area contributed by atoms with Crippen LogP contribution in [-0.4, -0.2) is 52.6 Å². The van der Waals surface area contributed by atoms with Gasteiger partial charge in [-0.05, 0) is 67.9 Å². The van der Waals surface area contributed by atoms with Crippen molar-refractivity contribution in [2.75, 3.05) is 46.4 Å². The van der Waals surface area contributed by atoms with Crippen molar-refractivity contribution in [3.63, 3.8) is 0 Å². The molecule has 1 aliphatic rings. The summed E-state index contributed by atoms with van der Waals surface area (Å²) in [4.78, 5) is 7.12. The van der Waals surface area contributed by atoms with Crippen molar-refractivity contribution in [2.45, 2.75) is 25.4 Å². The van der Waals surface area contributed by atoms with E-state index in [4.69, 9.17) is 18.9 Å². The van der Waals surface area contributed by atoms with Crippen LogP contribution >= 0.6 is 24.8 Å². The molecule has 0 spiro atoms. The zero-order valence-corrected chi connectivity index (χ0v) is 22.8. The average Bonchev–Trinajstić information content (AvgIpc) is 2.91. The van der Waals surface area contributed by atoms with Gasteiger partial charge in [0.15, 0.2) is 11.5 Å². The fraction of sp³-hybridized carbons (Fsp3) is 0.370. The van der Waals surface area contributed by atoms with Crippen molar-refractivity contribution in [2.24, 2.45) is 0 Å². The highest BCUT2D eigenvalue weighted by Crippen LogP contribution is 2.41. The lowest BCUT2D eigenvalue weighted by Gasteiger charge is -2.36. The smallest absolute Gasteiger partial charge is 0.203 e. The van der Waals surface area contributed by atoms with Crippen LogP contribution in [0.2, 0.25) is 0 Å². The molecule has 0 amide bonds. The molecular weight excluding hydrogens is 501 g/mol. The third kappa shape index (κ3) is 6.66. The number of pyridine rings is 1. The van der Waals surface area contributed by atoms with Gasteiger partial charge < -0.3 is 29.2 Å². The Morgan fingerprint density at radius 2 is 1.56 bits per heavy atom. The van der Waals surface area contributed by atoms with Crippen LogP contribution in [0.4, 0.5) is 5.69 Å². The van der Waals surface area contributed by atoms with Crippen LogP contribution in [0.5, 0.6) is 23.0 Å². The van der Waals surface area contributed by atoms with Crippen LogP contribution < -0.4 is 29.2 Å². The minimum Gasteiger partial charge on any atom is -0.497 e. The molecule has 3 aromatic rings. The number of hydrogen-bond acceptors (Lipinski definition) is 7. The predicted octanol–water partition coefficient (Wildman–Crippen LogP) is 5.39. The first kappa shape index (κ1) is 29.4. The number of piperidine rings is 1. The van der Waals surface area contributed by atoms with E-state index in [1.165, 1.54) is 5.56 Å². The third-order valence-corrected chi connectivity index (χ3v) is 6.27. The Morgan fingerprint density at radius 3 is 2.17 bits per heavy atom. The number of anilines is 1. The first-order chi connectivity index (χ1) is 16.7. The molecule has 0 radical (unpaired) electrons. The van der Waals surface area contributed by atoms with Gasteiger partial charge in [-0.25, -0.2) is 0 Å². The maximum atomic E-state index is 5.54. The van der Waals surface area contributed by atoms with Gasteiger partial charge >= 0.3 is 0 Å². The number of halogens is 2. The van der Waals surface area contributed by atoms with Gasteiger partial charge in [0.1, 0.15) is 5.75 Å². The lowest BCUT2D eigenvalue weighted by Crippen LogP contribution is -2.43. The van der Waals surface area contributed by atoms with E-state index in [0.717, 1.165) is 55.2 Å². The maximum absolute atomic E-state index is 5.54. The number of hydrogen-bond donors (Lipinski definition) is 1. The number of nitrogens with one attached hydrogen (secondary N) is 1. The summed E-state index contributed by atoms with van der Waals surface area (Å²) in [5, 5.41) is 3.47. The van der Waals surface area contributed by atoms with Gasteiger partial charge in [0.05, 0.1) is 34.1 Å². The fourth-order valence-corrected chi connectivity index (χ4v) is 4.49. The van der Waals surface area contributed by atoms with Gasteiger partial charge in [-0.3, -0.25) is 4.98 Å². The van der Waals surface area contributed by atoms with Gasteiger partial charge in [-0.15, -0.1) is 24.8 Å². The summed E-state index contributed by atoms with van der Waals surface area (Å²) in [6, 6.07) is 16.8. The van der Waals surface area contributed by atoms with E-state index >= 15 is 0 Å². The second kappa shape index (κ2) is 14.0. The minimum absolute atomic E-state index is 0. The van der Waals surface area contributed by atoms with Crippen LogP contribution in [0.15, 0.2) is 54.7 Å². The van der Waals surface area contributed by atoms with Crippen LogP contribution in [-0.2, 0) is 6.54 Å². The summed E-state index contributed by atoms with van der Waals surface area (Å²) < 4.78 is 22.0. The molecule has 0 aliphatic carbocycles. The quantitative estimate of drug-likeness (QED) is 0.394. The van der Waals surface area contributed by atoms with E-state index in [0.29, 0.717) is 23.3 Å². The molecule has 4 rings (SSSR count). The van der Waals surface area contributed by atoms with E-state index in [1.54, 1.807) is 28.4 Å². The molecule has 7 nitrogen and oxygen atoms in total. The molecule has 1 fully saturated rings. The number of rotatable bonds is 9. The van der Waals surface area contributed by atoms with Gasteiger partial charge in [0.2, 0.25) is 5.75 Å². The molecule has 0 saturated carbocycles. The second-order valence-electron chi connectivity index (χ2n) is 8.27. The zero-order valence-electron chi connectivity index (χ0n) is 21.2. The van der Waals surface area contributed by atoms with Crippen LogP contribution in [0, 0.1) is 0 Å². The molecule has 1 saturated heterocycles. The number of methoxy groups -OCH3 is 4. The van der Waals surface area contributed by atoms with Crippen LogP contribution in [0.25, 0.3) is 11.3 Å². The Bertz CT molecular complexity index is 1080. The molecule has 1 N–H and O–H groups in total. The molecule has 196 valence electrons. The SMILES string of the molecule is COc1cccc(N(Cc2ccnc(-c3cc(OC)c(OC)c(OC)c3)c2)C2CCNCC2)c1.Cl.Cl. The normalized spacial score (nSPS) is 13.1. The van der Waals surface area contributed by atoms with Crippen molar-refractivity contribution in [3.05, 3.63) is 60.3 Å². The van der Waals surface area contributed by atoms with Crippen molar-refractivity contribution in [3.8, 4) is 34.3 Å². The predicted molar refractivity (Wildman–Crippen MR) is 149 cm³/mol. The Morgan fingerprint density at radius 1 is 0.861 bits per heavy atom. The van der Waals surface area contributed by atoms with Gasteiger partial charge in [-0.2, -0.15) is 0 Å². The maximum Gasteiger partial charge on any atom is 0.203 e. The van der Waals surface area contributed by atoms with Crippen molar-refractivity contribution in [1.29, 1.82) is 0 Å². The van der Waals surface area contributed by atoms with E-state index in [9.17, 15) is 0 Å². The number of benzene rings is 2. The summed E-state index contributed by atoms with van der Waals surface area (Å²) in [5.41, 5.74) is 4.11. The molecule has 1 aliphatic heterocycles. The number of nitrogens with zero attached hydrogens (tertiary/aromatic N) is 2. The van der Waals surface area contributed by atoms with Crippen LogP contribution in [0.1, 0.15) is 18.4 Å². The van der Waals surface area contributed by atoms with Crippen molar-refractivity contribution in [1.82, 2.24) is 10.3 Å². The number of ether oxygens (including phenoxy) is 4. The highest BCUT2D eigenvalue weighted by Gasteiger charge is 2.22. The Balaban J connectivity index is 0.00000228. The molecule has 36 heavy (non-hydrogen) atoms. The second-order valence-corrected chi connectivity index (χ2v) is 8.27.